The molecule has 0 unspecified atom stereocenters. The first-order chi connectivity index (χ1) is 8.28. The molecular formula is C13H9ClN2S. The van der Waals surface area contributed by atoms with Crippen LogP contribution < -0.4 is 0 Å². The molecule has 0 amide bonds. The number of nitriles is 1. The van der Waals surface area contributed by atoms with Crippen LogP contribution in [0.5, 0.6) is 0 Å². The molecule has 1 aromatic carbocycles. The molecule has 2 rings (SSSR count). The Kier molecular flexibility index (Phi) is 4.03. The molecule has 4 heteroatoms. The second kappa shape index (κ2) is 5.72. The van der Waals surface area contributed by atoms with Gasteiger partial charge in [0.1, 0.15) is 0 Å². The van der Waals surface area contributed by atoms with Crippen LogP contribution in [0.2, 0.25) is 5.02 Å². The Morgan fingerprint density at radius 3 is 2.94 bits per heavy atom. The van der Waals surface area contributed by atoms with Crippen LogP contribution in [-0.4, -0.2) is 4.98 Å². The Morgan fingerprint density at radius 1 is 1.29 bits per heavy atom. The van der Waals surface area contributed by atoms with Gasteiger partial charge >= 0.3 is 0 Å². The lowest BCUT2D eigenvalue weighted by Gasteiger charge is -2.02. The van der Waals surface area contributed by atoms with Gasteiger partial charge in [0.15, 0.2) is 0 Å². The normalized spacial score (nSPS) is 9.88. The topological polar surface area (TPSA) is 36.7 Å². The lowest BCUT2D eigenvalue weighted by Crippen LogP contribution is -1.84. The van der Waals surface area contributed by atoms with Gasteiger partial charge in [-0.15, -0.1) is 11.8 Å². The summed E-state index contributed by atoms with van der Waals surface area (Å²) in [7, 11) is 0. The molecule has 0 saturated carbocycles. The van der Waals surface area contributed by atoms with Crippen LogP contribution in [0.15, 0.2) is 47.6 Å². The molecule has 0 N–H and O–H groups in total. The second-order valence-corrected chi connectivity index (χ2v) is 4.85. The molecule has 2 aromatic rings. The summed E-state index contributed by atoms with van der Waals surface area (Å²) in [5, 5.41) is 10.4. The quantitative estimate of drug-likeness (QED) is 0.786. The van der Waals surface area contributed by atoms with Crippen molar-refractivity contribution in [3.05, 3.63) is 58.7 Å². The summed E-state index contributed by atoms with van der Waals surface area (Å²) in [6.07, 6.45) is 1.69. The van der Waals surface area contributed by atoms with E-state index in [1.807, 2.05) is 24.3 Å². The van der Waals surface area contributed by atoms with Gasteiger partial charge in [0, 0.05) is 17.0 Å². The van der Waals surface area contributed by atoms with E-state index in [-0.39, 0.29) is 0 Å². The molecule has 0 saturated heterocycles. The van der Waals surface area contributed by atoms with Gasteiger partial charge in [-0.05, 0) is 29.8 Å². The zero-order valence-corrected chi connectivity index (χ0v) is 10.5. The first-order valence-corrected chi connectivity index (χ1v) is 6.38. The summed E-state index contributed by atoms with van der Waals surface area (Å²) in [6.45, 7) is 0. The van der Waals surface area contributed by atoms with E-state index >= 15 is 0 Å². The molecule has 0 spiro atoms. The highest BCUT2D eigenvalue weighted by Gasteiger charge is 1.99. The number of nitrogens with zero attached hydrogens (tertiary/aromatic N) is 2. The number of hydrogen-bond acceptors (Lipinski definition) is 3. The molecule has 0 aliphatic rings. The minimum atomic E-state index is 0.683. The Bertz CT molecular complexity index is 563. The van der Waals surface area contributed by atoms with Crippen molar-refractivity contribution < 1.29 is 0 Å². The fourth-order valence-corrected chi connectivity index (χ4v) is 2.42. The second-order valence-electron chi connectivity index (χ2n) is 3.41. The molecule has 17 heavy (non-hydrogen) atoms. The number of hydrogen-bond donors (Lipinski definition) is 0. The largest absolute Gasteiger partial charge is 0.250 e. The fraction of sp³-hybridized carbons (Fsp3) is 0.0769. The number of pyridine rings is 1. The highest BCUT2D eigenvalue weighted by Crippen LogP contribution is 2.23. The predicted octanol–water partition coefficient (Wildman–Crippen LogP) is 3.90. The van der Waals surface area contributed by atoms with E-state index < -0.39 is 0 Å². The standard InChI is InChI=1S/C13H9ClN2S/c14-12-4-5-16-13(7-12)17-9-11-3-1-2-10(6-11)8-15/h1-7H,9H2. The van der Waals surface area contributed by atoms with E-state index in [2.05, 4.69) is 11.1 Å². The number of rotatable bonds is 3. The Labute approximate surface area is 109 Å². The van der Waals surface area contributed by atoms with Crippen molar-refractivity contribution in [3.8, 4) is 6.07 Å². The van der Waals surface area contributed by atoms with Crippen molar-refractivity contribution >= 4 is 23.4 Å². The van der Waals surface area contributed by atoms with Gasteiger partial charge in [0.05, 0.1) is 16.7 Å². The number of benzene rings is 1. The Hall–Kier alpha value is -1.50. The van der Waals surface area contributed by atoms with Crippen LogP contribution in [-0.2, 0) is 5.75 Å². The fourth-order valence-electron chi connectivity index (χ4n) is 1.35. The Balaban J connectivity index is 2.05. The van der Waals surface area contributed by atoms with Crippen molar-refractivity contribution in [2.24, 2.45) is 0 Å². The van der Waals surface area contributed by atoms with Gasteiger partial charge in [-0.25, -0.2) is 4.98 Å². The maximum atomic E-state index is 8.80. The first-order valence-electron chi connectivity index (χ1n) is 5.01. The van der Waals surface area contributed by atoms with Crippen molar-refractivity contribution in [1.82, 2.24) is 4.98 Å². The van der Waals surface area contributed by atoms with Crippen LogP contribution in [0.3, 0.4) is 0 Å². The van der Waals surface area contributed by atoms with E-state index in [4.69, 9.17) is 16.9 Å². The average Bonchev–Trinajstić information content (AvgIpc) is 2.37. The van der Waals surface area contributed by atoms with Crippen LogP contribution in [0.25, 0.3) is 0 Å². The molecule has 0 radical (unpaired) electrons. The maximum Gasteiger partial charge on any atom is 0.0991 e. The molecule has 2 nitrogen and oxygen atoms in total. The van der Waals surface area contributed by atoms with Crippen LogP contribution in [0.1, 0.15) is 11.1 Å². The van der Waals surface area contributed by atoms with Crippen LogP contribution >= 0.6 is 23.4 Å². The van der Waals surface area contributed by atoms with Gasteiger partial charge in [0.2, 0.25) is 0 Å². The van der Waals surface area contributed by atoms with E-state index in [9.17, 15) is 0 Å². The third kappa shape index (κ3) is 3.48. The maximum absolute atomic E-state index is 8.80. The highest BCUT2D eigenvalue weighted by molar-refractivity contribution is 7.98. The molecule has 0 bridgehead atoms. The SMILES string of the molecule is N#Cc1cccc(CSc2cc(Cl)ccn2)c1. The molecule has 1 aromatic heterocycles. The number of aromatic nitrogens is 1. The van der Waals surface area contributed by atoms with Gasteiger partial charge in [-0.3, -0.25) is 0 Å². The van der Waals surface area contributed by atoms with E-state index in [0.29, 0.717) is 10.6 Å². The monoisotopic (exact) mass is 260 g/mol. The summed E-state index contributed by atoms with van der Waals surface area (Å²) in [6, 6.07) is 13.3. The van der Waals surface area contributed by atoms with Gasteiger partial charge < -0.3 is 0 Å². The van der Waals surface area contributed by atoms with E-state index in [0.717, 1.165) is 16.3 Å². The van der Waals surface area contributed by atoms with E-state index in [1.54, 1.807) is 30.1 Å². The molecule has 84 valence electrons. The van der Waals surface area contributed by atoms with Crippen molar-refractivity contribution in [3.63, 3.8) is 0 Å². The summed E-state index contributed by atoms with van der Waals surface area (Å²) in [4.78, 5) is 4.21. The van der Waals surface area contributed by atoms with Crippen LogP contribution in [0.4, 0.5) is 0 Å². The van der Waals surface area contributed by atoms with Crippen molar-refractivity contribution in [2.75, 3.05) is 0 Å². The smallest absolute Gasteiger partial charge is 0.0991 e. The van der Waals surface area contributed by atoms with Gasteiger partial charge in [0.25, 0.3) is 0 Å². The molecule has 0 fully saturated rings. The minimum Gasteiger partial charge on any atom is -0.250 e. The third-order valence-electron chi connectivity index (χ3n) is 2.14. The van der Waals surface area contributed by atoms with Gasteiger partial charge in [-0.1, -0.05) is 23.7 Å². The summed E-state index contributed by atoms with van der Waals surface area (Å²) in [5.74, 6) is 0.781. The zero-order chi connectivity index (χ0) is 12.1. The minimum absolute atomic E-state index is 0.683. The molecule has 0 aliphatic carbocycles. The lowest BCUT2D eigenvalue weighted by molar-refractivity contribution is 1.13. The van der Waals surface area contributed by atoms with Crippen molar-refractivity contribution in [1.29, 1.82) is 5.26 Å². The number of thioether (sulfide) groups is 1. The molecule has 0 aliphatic heterocycles. The summed E-state index contributed by atoms with van der Waals surface area (Å²) < 4.78 is 0. The average molecular weight is 261 g/mol. The first kappa shape index (κ1) is 12.0. The molecular weight excluding hydrogens is 252 g/mol. The third-order valence-corrected chi connectivity index (χ3v) is 3.37. The molecule has 0 atom stereocenters. The zero-order valence-electron chi connectivity index (χ0n) is 8.93. The predicted molar refractivity (Wildman–Crippen MR) is 70.0 cm³/mol. The lowest BCUT2D eigenvalue weighted by atomic mass is 10.2. The Morgan fingerprint density at radius 2 is 2.18 bits per heavy atom. The highest BCUT2D eigenvalue weighted by atomic mass is 35.5. The molecule has 1 heterocycles. The number of halogens is 1. The van der Waals surface area contributed by atoms with E-state index in [1.165, 1.54) is 0 Å². The van der Waals surface area contributed by atoms with Crippen LogP contribution in [0, 0.1) is 11.3 Å². The summed E-state index contributed by atoms with van der Waals surface area (Å²) >= 11 is 7.48. The van der Waals surface area contributed by atoms with Crippen molar-refractivity contribution in [2.45, 2.75) is 10.8 Å². The summed E-state index contributed by atoms with van der Waals surface area (Å²) in [5.41, 5.74) is 1.79. The van der Waals surface area contributed by atoms with Gasteiger partial charge in [-0.2, -0.15) is 5.26 Å².